The van der Waals surface area contributed by atoms with Crippen molar-refractivity contribution in [2.45, 2.75) is 38.7 Å². The fraction of sp³-hybridized carbons (Fsp3) is 0.500. The highest BCUT2D eigenvalue weighted by atomic mass is 79.9. The zero-order chi connectivity index (χ0) is 12.3. The van der Waals surface area contributed by atoms with Gasteiger partial charge in [0, 0.05) is 4.47 Å². The van der Waals surface area contributed by atoms with Crippen LogP contribution in [-0.2, 0) is 0 Å². The van der Waals surface area contributed by atoms with Gasteiger partial charge >= 0.3 is 0 Å². The fourth-order valence-corrected chi connectivity index (χ4v) is 2.81. The van der Waals surface area contributed by atoms with Crippen molar-refractivity contribution in [2.24, 2.45) is 5.92 Å². The van der Waals surface area contributed by atoms with Gasteiger partial charge in [-0.1, -0.05) is 19.4 Å². The van der Waals surface area contributed by atoms with Crippen LogP contribution in [0.5, 0.6) is 5.75 Å². The first-order chi connectivity index (χ1) is 8.20. The van der Waals surface area contributed by atoms with Crippen LogP contribution in [0.4, 0.5) is 0 Å². The fourth-order valence-electron chi connectivity index (χ4n) is 2.38. The summed E-state index contributed by atoms with van der Waals surface area (Å²) in [7, 11) is 0. The Kier molecular flexibility index (Phi) is 4.06. The Morgan fingerprint density at radius 3 is 2.94 bits per heavy atom. The molecule has 0 spiro atoms. The lowest BCUT2D eigenvalue weighted by Crippen LogP contribution is -2.24. The zero-order valence-electron chi connectivity index (χ0n) is 9.95. The molecule has 2 unspecified atom stereocenters. The van der Waals surface area contributed by atoms with Crippen LogP contribution in [0.1, 0.15) is 38.2 Å². The molecule has 0 amide bonds. The molecule has 1 aliphatic carbocycles. The smallest absolute Gasteiger partial charge is 0.138 e. The maximum absolute atomic E-state index is 9.12. The van der Waals surface area contributed by atoms with Gasteiger partial charge in [-0.25, -0.2) is 0 Å². The van der Waals surface area contributed by atoms with Gasteiger partial charge in [0.1, 0.15) is 17.4 Å². The number of nitriles is 1. The Balaban J connectivity index is 2.13. The lowest BCUT2D eigenvalue weighted by molar-refractivity contribution is 0.129. The van der Waals surface area contributed by atoms with Gasteiger partial charge in [-0.2, -0.15) is 5.26 Å². The third-order valence-electron chi connectivity index (χ3n) is 3.27. The SMILES string of the molecule is CC1CCCC(Oc2cccc(Br)c2C#N)C1. The molecule has 0 aromatic heterocycles. The molecular weight excluding hydrogens is 278 g/mol. The van der Waals surface area contributed by atoms with E-state index in [0.717, 1.165) is 23.2 Å². The average Bonchev–Trinajstić information content (AvgIpc) is 2.29. The molecule has 2 nitrogen and oxygen atoms in total. The van der Waals surface area contributed by atoms with E-state index in [2.05, 4.69) is 28.9 Å². The predicted octanol–water partition coefficient (Wildman–Crippen LogP) is 4.28. The first-order valence-corrected chi connectivity index (χ1v) is 6.85. The lowest BCUT2D eigenvalue weighted by atomic mass is 9.88. The van der Waals surface area contributed by atoms with Crippen molar-refractivity contribution in [3.8, 4) is 11.8 Å². The van der Waals surface area contributed by atoms with Crippen LogP contribution in [0, 0.1) is 17.2 Å². The number of benzene rings is 1. The first kappa shape index (κ1) is 12.4. The summed E-state index contributed by atoms with van der Waals surface area (Å²) in [5.41, 5.74) is 0.603. The maximum atomic E-state index is 9.12. The molecule has 0 saturated heterocycles. The maximum Gasteiger partial charge on any atom is 0.138 e. The zero-order valence-corrected chi connectivity index (χ0v) is 11.5. The van der Waals surface area contributed by atoms with Gasteiger partial charge in [0.2, 0.25) is 0 Å². The minimum atomic E-state index is 0.264. The second-order valence-corrected chi connectivity index (χ2v) is 5.59. The molecule has 90 valence electrons. The summed E-state index contributed by atoms with van der Waals surface area (Å²) in [6.07, 6.45) is 4.98. The standard InChI is InChI=1S/C14H16BrNO/c1-10-4-2-5-11(8-10)17-14-7-3-6-13(15)12(14)9-16/h3,6-7,10-11H,2,4-5,8H2,1H3. The molecular formula is C14H16BrNO. The summed E-state index contributed by atoms with van der Waals surface area (Å²) < 4.78 is 6.78. The number of nitrogens with zero attached hydrogens (tertiary/aromatic N) is 1. The Labute approximate surface area is 111 Å². The molecule has 1 saturated carbocycles. The Bertz CT molecular complexity index is 438. The van der Waals surface area contributed by atoms with Gasteiger partial charge in [-0.3, -0.25) is 0 Å². The van der Waals surface area contributed by atoms with Crippen LogP contribution in [0.15, 0.2) is 22.7 Å². The highest BCUT2D eigenvalue weighted by Gasteiger charge is 2.21. The van der Waals surface area contributed by atoms with Gasteiger partial charge in [-0.15, -0.1) is 0 Å². The predicted molar refractivity (Wildman–Crippen MR) is 70.9 cm³/mol. The van der Waals surface area contributed by atoms with Gasteiger partial charge < -0.3 is 4.74 Å². The average molecular weight is 294 g/mol. The van der Waals surface area contributed by atoms with Crippen molar-refractivity contribution in [2.75, 3.05) is 0 Å². The molecule has 3 heteroatoms. The Hall–Kier alpha value is -1.01. The van der Waals surface area contributed by atoms with Crippen LogP contribution in [0.2, 0.25) is 0 Å². The molecule has 17 heavy (non-hydrogen) atoms. The summed E-state index contributed by atoms with van der Waals surface area (Å²) >= 11 is 3.38. The largest absolute Gasteiger partial charge is 0.489 e. The van der Waals surface area contributed by atoms with E-state index in [0.29, 0.717) is 11.3 Å². The van der Waals surface area contributed by atoms with Crippen LogP contribution < -0.4 is 4.74 Å². The Morgan fingerprint density at radius 1 is 1.41 bits per heavy atom. The van der Waals surface area contributed by atoms with E-state index in [1.807, 2.05) is 18.2 Å². The number of rotatable bonds is 2. The van der Waals surface area contributed by atoms with E-state index in [9.17, 15) is 0 Å². The number of ether oxygens (including phenoxy) is 1. The number of hydrogen-bond donors (Lipinski definition) is 0. The summed E-state index contributed by atoms with van der Waals surface area (Å²) in [6, 6.07) is 7.85. The second kappa shape index (κ2) is 5.55. The molecule has 2 atom stereocenters. The third-order valence-corrected chi connectivity index (χ3v) is 3.93. The summed E-state index contributed by atoms with van der Waals surface area (Å²) in [6.45, 7) is 2.27. The van der Waals surface area contributed by atoms with Crippen molar-refractivity contribution in [3.63, 3.8) is 0 Å². The monoisotopic (exact) mass is 293 g/mol. The van der Waals surface area contributed by atoms with Crippen LogP contribution in [0.25, 0.3) is 0 Å². The molecule has 0 radical (unpaired) electrons. The molecule has 1 aliphatic rings. The first-order valence-electron chi connectivity index (χ1n) is 6.06. The second-order valence-electron chi connectivity index (χ2n) is 4.74. The highest BCUT2D eigenvalue weighted by Crippen LogP contribution is 2.31. The highest BCUT2D eigenvalue weighted by molar-refractivity contribution is 9.10. The quantitative estimate of drug-likeness (QED) is 0.815. The molecule has 1 fully saturated rings. The van der Waals surface area contributed by atoms with Gasteiger partial charge in [0.05, 0.1) is 6.10 Å². The topological polar surface area (TPSA) is 33.0 Å². The molecule has 0 N–H and O–H groups in total. The van der Waals surface area contributed by atoms with E-state index < -0.39 is 0 Å². The molecule has 2 rings (SSSR count). The van der Waals surface area contributed by atoms with E-state index in [1.54, 1.807) is 0 Å². The third kappa shape index (κ3) is 3.01. The number of halogens is 1. The Morgan fingerprint density at radius 2 is 2.24 bits per heavy atom. The van der Waals surface area contributed by atoms with Crippen molar-refractivity contribution < 1.29 is 4.74 Å². The van der Waals surface area contributed by atoms with Crippen LogP contribution >= 0.6 is 15.9 Å². The van der Waals surface area contributed by atoms with Crippen LogP contribution in [0.3, 0.4) is 0 Å². The van der Waals surface area contributed by atoms with E-state index in [4.69, 9.17) is 10.00 Å². The van der Waals surface area contributed by atoms with E-state index in [1.165, 1.54) is 12.8 Å². The van der Waals surface area contributed by atoms with Gasteiger partial charge in [0.15, 0.2) is 0 Å². The molecule has 1 aromatic carbocycles. The minimum Gasteiger partial charge on any atom is -0.489 e. The lowest BCUT2D eigenvalue weighted by Gasteiger charge is -2.27. The normalized spacial score (nSPS) is 24.1. The van der Waals surface area contributed by atoms with Gasteiger partial charge in [-0.05, 0) is 53.2 Å². The molecule has 0 aliphatic heterocycles. The summed E-state index contributed by atoms with van der Waals surface area (Å²) in [4.78, 5) is 0. The molecule has 0 bridgehead atoms. The van der Waals surface area contributed by atoms with E-state index in [-0.39, 0.29) is 6.10 Å². The van der Waals surface area contributed by atoms with E-state index >= 15 is 0 Å². The molecule has 1 aromatic rings. The minimum absolute atomic E-state index is 0.264. The van der Waals surface area contributed by atoms with Gasteiger partial charge in [0.25, 0.3) is 0 Å². The van der Waals surface area contributed by atoms with Crippen LogP contribution in [-0.4, -0.2) is 6.10 Å². The van der Waals surface area contributed by atoms with Crippen molar-refractivity contribution >= 4 is 15.9 Å². The number of hydrogen-bond acceptors (Lipinski definition) is 2. The van der Waals surface area contributed by atoms with Crippen molar-refractivity contribution in [1.29, 1.82) is 5.26 Å². The van der Waals surface area contributed by atoms with Crippen molar-refractivity contribution in [1.82, 2.24) is 0 Å². The van der Waals surface area contributed by atoms with Crippen molar-refractivity contribution in [3.05, 3.63) is 28.2 Å². The summed E-state index contributed by atoms with van der Waals surface area (Å²) in [5.74, 6) is 1.44. The summed E-state index contributed by atoms with van der Waals surface area (Å²) in [5, 5.41) is 9.12. The molecule has 0 heterocycles.